The predicted octanol–water partition coefficient (Wildman–Crippen LogP) is 2.18. The molecule has 1 saturated carbocycles. The minimum atomic E-state index is -1.00. The Balaban J connectivity index is 1.88. The van der Waals surface area contributed by atoms with Crippen molar-refractivity contribution in [3.63, 3.8) is 0 Å². The monoisotopic (exact) mass is 313 g/mol. The number of aliphatic carboxylic acids is 1. The van der Waals surface area contributed by atoms with Crippen molar-refractivity contribution >= 4 is 11.9 Å². The molecule has 6 nitrogen and oxygen atoms in total. The number of amides is 1. The Bertz CT molecular complexity index is 745. The number of carbonyl (C=O) groups is 2. The number of hydrogen-bond donors (Lipinski definition) is 1. The Labute approximate surface area is 134 Å². The van der Waals surface area contributed by atoms with E-state index in [1.807, 2.05) is 38.1 Å². The number of aromatic nitrogens is 2. The number of hydrogen-bond acceptors (Lipinski definition) is 3. The van der Waals surface area contributed by atoms with Gasteiger partial charge in [0.15, 0.2) is 5.69 Å². The largest absolute Gasteiger partial charge is 0.480 e. The number of benzene rings is 1. The zero-order chi connectivity index (χ0) is 16.6. The van der Waals surface area contributed by atoms with Gasteiger partial charge in [0.1, 0.15) is 6.54 Å². The molecule has 23 heavy (non-hydrogen) atoms. The summed E-state index contributed by atoms with van der Waals surface area (Å²) < 4.78 is 1.71. The zero-order valence-corrected chi connectivity index (χ0v) is 13.2. The van der Waals surface area contributed by atoms with Crippen molar-refractivity contribution in [1.29, 1.82) is 0 Å². The lowest BCUT2D eigenvalue weighted by molar-refractivity contribution is -0.137. The highest BCUT2D eigenvalue weighted by molar-refractivity contribution is 5.94. The van der Waals surface area contributed by atoms with Gasteiger partial charge in [0.25, 0.3) is 5.91 Å². The molecule has 1 N–H and O–H groups in total. The van der Waals surface area contributed by atoms with Crippen molar-refractivity contribution in [2.24, 2.45) is 0 Å². The lowest BCUT2D eigenvalue weighted by atomic mass is 10.2. The van der Waals surface area contributed by atoms with Crippen LogP contribution in [-0.2, 0) is 4.79 Å². The van der Waals surface area contributed by atoms with Gasteiger partial charge in [0.05, 0.1) is 5.69 Å². The Hall–Kier alpha value is -2.63. The first-order chi connectivity index (χ1) is 11.0. The summed E-state index contributed by atoms with van der Waals surface area (Å²) in [7, 11) is 0. The van der Waals surface area contributed by atoms with Crippen LogP contribution in [0.5, 0.6) is 0 Å². The summed E-state index contributed by atoms with van der Waals surface area (Å²) in [6.45, 7) is 3.61. The van der Waals surface area contributed by atoms with Crippen LogP contribution in [0.25, 0.3) is 5.69 Å². The third kappa shape index (κ3) is 3.26. The lowest BCUT2D eigenvalue weighted by Crippen LogP contribution is -2.37. The molecule has 0 unspecified atom stereocenters. The smallest absolute Gasteiger partial charge is 0.323 e. The topological polar surface area (TPSA) is 75.4 Å². The molecule has 120 valence electrons. The summed E-state index contributed by atoms with van der Waals surface area (Å²) in [4.78, 5) is 25.0. The molecular weight excluding hydrogens is 294 g/mol. The van der Waals surface area contributed by atoms with Crippen molar-refractivity contribution in [3.8, 4) is 5.69 Å². The summed E-state index contributed by atoms with van der Waals surface area (Å²) in [6, 6.07) is 9.60. The van der Waals surface area contributed by atoms with Gasteiger partial charge < -0.3 is 10.0 Å². The first kappa shape index (κ1) is 15.3. The van der Waals surface area contributed by atoms with Gasteiger partial charge in [0.2, 0.25) is 0 Å². The molecule has 0 atom stereocenters. The third-order valence-electron chi connectivity index (χ3n) is 3.94. The van der Waals surface area contributed by atoms with Crippen molar-refractivity contribution in [1.82, 2.24) is 14.7 Å². The van der Waals surface area contributed by atoms with Crippen LogP contribution in [0.1, 0.15) is 34.6 Å². The molecule has 0 spiro atoms. The second-order valence-electron chi connectivity index (χ2n) is 5.98. The second-order valence-corrected chi connectivity index (χ2v) is 5.98. The fourth-order valence-electron chi connectivity index (χ4n) is 2.57. The van der Waals surface area contributed by atoms with Crippen LogP contribution in [0.15, 0.2) is 30.3 Å². The van der Waals surface area contributed by atoms with Gasteiger partial charge in [-0.1, -0.05) is 17.7 Å². The fraction of sp³-hybridized carbons (Fsp3) is 0.353. The number of carbonyl (C=O) groups excluding carboxylic acids is 1. The predicted molar refractivity (Wildman–Crippen MR) is 84.7 cm³/mol. The molecule has 0 saturated heterocycles. The average molecular weight is 313 g/mol. The molecule has 3 rings (SSSR count). The Morgan fingerprint density at radius 3 is 2.48 bits per heavy atom. The summed E-state index contributed by atoms with van der Waals surface area (Å²) in [5, 5.41) is 13.4. The zero-order valence-electron chi connectivity index (χ0n) is 13.2. The van der Waals surface area contributed by atoms with Gasteiger partial charge in [-0.05, 0) is 44.9 Å². The van der Waals surface area contributed by atoms with Crippen molar-refractivity contribution in [2.45, 2.75) is 32.7 Å². The Morgan fingerprint density at radius 2 is 1.91 bits per heavy atom. The molecule has 0 bridgehead atoms. The first-order valence-corrected chi connectivity index (χ1v) is 7.62. The molecule has 0 radical (unpaired) electrons. The van der Waals surface area contributed by atoms with E-state index >= 15 is 0 Å². The van der Waals surface area contributed by atoms with E-state index in [4.69, 9.17) is 5.11 Å². The first-order valence-electron chi connectivity index (χ1n) is 7.62. The number of carboxylic acids is 1. The van der Waals surface area contributed by atoms with Gasteiger partial charge in [-0.15, -0.1) is 0 Å². The lowest BCUT2D eigenvalue weighted by Gasteiger charge is -2.18. The molecule has 1 amide bonds. The van der Waals surface area contributed by atoms with Crippen LogP contribution < -0.4 is 0 Å². The quantitative estimate of drug-likeness (QED) is 0.918. The number of aryl methyl sites for hydroxylation is 2. The summed E-state index contributed by atoms with van der Waals surface area (Å²) in [5.41, 5.74) is 3.15. The minimum Gasteiger partial charge on any atom is -0.480 e. The van der Waals surface area contributed by atoms with Crippen LogP contribution in [0.4, 0.5) is 0 Å². The van der Waals surface area contributed by atoms with Crippen LogP contribution in [0.2, 0.25) is 0 Å². The molecule has 1 heterocycles. The van der Waals surface area contributed by atoms with Crippen molar-refractivity contribution in [2.75, 3.05) is 6.54 Å². The van der Waals surface area contributed by atoms with E-state index in [0.717, 1.165) is 29.8 Å². The van der Waals surface area contributed by atoms with E-state index in [0.29, 0.717) is 0 Å². The molecule has 1 aliphatic carbocycles. The number of carboxylic acid groups (broad SMARTS) is 1. The van der Waals surface area contributed by atoms with E-state index in [2.05, 4.69) is 5.10 Å². The molecule has 1 fully saturated rings. The Kier molecular flexibility index (Phi) is 3.90. The molecule has 6 heteroatoms. The van der Waals surface area contributed by atoms with Gasteiger partial charge in [-0.2, -0.15) is 5.10 Å². The summed E-state index contributed by atoms with van der Waals surface area (Å²) in [5.74, 6) is -1.32. The van der Waals surface area contributed by atoms with Crippen LogP contribution >= 0.6 is 0 Å². The van der Waals surface area contributed by atoms with E-state index in [1.165, 1.54) is 4.90 Å². The van der Waals surface area contributed by atoms with Crippen molar-refractivity contribution < 1.29 is 14.7 Å². The molecule has 2 aromatic rings. The highest BCUT2D eigenvalue weighted by Crippen LogP contribution is 2.28. The highest BCUT2D eigenvalue weighted by Gasteiger charge is 2.35. The SMILES string of the molecule is Cc1ccc(-n2nc(C(=O)N(CC(=O)O)C3CC3)cc2C)cc1. The van der Waals surface area contributed by atoms with Crippen molar-refractivity contribution in [3.05, 3.63) is 47.3 Å². The standard InChI is InChI=1S/C17H19N3O3/c1-11-3-5-14(6-4-11)20-12(2)9-15(18-20)17(23)19(10-16(21)22)13-7-8-13/h3-6,9,13H,7-8,10H2,1-2H3,(H,21,22). The summed E-state index contributed by atoms with van der Waals surface area (Å²) in [6.07, 6.45) is 1.72. The molecule has 1 aromatic heterocycles. The van der Waals surface area contributed by atoms with E-state index in [1.54, 1.807) is 10.7 Å². The normalized spacial score (nSPS) is 13.8. The number of rotatable bonds is 5. The highest BCUT2D eigenvalue weighted by atomic mass is 16.4. The van der Waals surface area contributed by atoms with Crippen LogP contribution in [0.3, 0.4) is 0 Å². The van der Waals surface area contributed by atoms with Gasteiger partial charge in [-0.25, -0.2) is 4.68 Å². The van der Waals surface area contributed by atoms with E-state index < -0.39 is 5.97 Å². The van der Waals surface area contributed by atoms with Crippen LogP contribution in [-0.4, -0.2) is 44.3 Å². The summed E-state index contributed by atoms with van der Waals surface area (Å²) >= 11 is 0. The van der Waals surface area contributed by atoms with Gasteiger partial charge >= 0.3 is 5.97 Å². The maximum absolute atomic E-state index is 12.6. The van der Waals surface area contributed by atoms with Gasteiger partial charge in [-0.3, -0.25) is 9.59 Å². The third-order valence-corrected chi connectivity index (χ3v) is 3.94. The van der Waals surface area contributed by atoms with Crippen LogP contribution in [0, 0.1) is 13.8 Å². The van der Waals surface area contributed by atoms with E-state index in [-0.39, 0.29) is 24.2 Å². The molecule has 1 aromatic carbocycles. The minimum absolute atomic E-state index is 0.0310. The second kappa shape index (κ2) is 5.87. The molecule has 0 aliphatic heterocycles. The average Bonchev–Trinajstić information content (AvgIpc) is 3.27. The Morgan fingerprint density at radius 1 is 1.26 bits per heavy atom. The molecular formula is C17H19N3O3. The maximum atomic E-state index is 12.6. The van der Waals surface area contributed by atoms with Gasteiger partial charge in [0, 0.05) is 11.7 Å². The fourth-order valence-corrected chi connectivity index (χ4v) is 2.57. The number of nitrogens with zero attached hydrogens (tertiary/aromatic N) is 3. The maximum Gasteiger partial charge on any atom is 0.323 e. The van der Waals surface area contributed by atoms with E-state index in [9.17, 15) is 9.59 Å². The molecule has 1 aliphatic rings.